The predicted octanol–water partition coefficient (Wildman–Crippen LogP) is 2.66. The van der Waals surface area contributed by atoms with Gasteiger partial charge in [0.05, 0.1) is 11.3 Å². The zero-order chi connectivity index (χ0) is 13.1. The van der Waals surface area contributed by atoms with Crippen molar-refractivity contribution in [1.82, 2.24) is 0 Å². The standard InChI is InChI=1S/C13H13ClN2O2/c14-10-4-5-11(9(7-10)8-15)16-6-2-1-3-12(16)13(17)18/h4-5,7,12H,1-3,6H2,(H,17,18). The molecule has 0 aromatic heterocycles. The molecule has 1 unspecified atom stereocenters. The first kappa shape index (κ1) is 12.7. The van der Waals surface area contributed by atoms with Crippen molar-refractivity contribution in [3.63, 3.8) is 0 Å². The van der Waals surface area contributed by atoms with E-state index in [0.29, 0.717) is 29.2 Å². The second-order valence-corrected chi connectivity index (χ2v) is 4.75. The van der Waals surface area contributed by atoms with Crippen LogP contribution in [-0.4, -0.2) is 23.7 Å². The van der Waals surface area contributed by atoms with Crippen LogP contribution in [0.1, 0.15) is 24.8 Å². The molecule has 1 aromatic carbocycles. The predicted molar refractivity (Wildman–Crippen MR) is 68.8 cm³/mol. The number of carboxylic acids is 1. The van der Waals surface area contributed by atoms with Gasteiger partial charge in [-0.05, 0) is 37.5 Å². The molecule has 0 amide bonds. The van der Waals surface area contributed by atoms with Crippen molar-refractivity contribution in [1.29, 1.82) is 5.26 Å². The molecular weight excluding hydrogens is 252 g/mol. The number of carboxylic acid groups (broad SMARTS) is 1. The highest BCUT2D eigenvalue weighted by Gasteiger charge is 2.29. The first-order chi connectivity index (χ1) is 8.63. The van der Waals surface area contributed by atoms with Crippen LogP contribution < -0.4 is 4.90 Å². The van der Waals surface area contributed by atoms with Crippen molar-refractivity contribution in [2.24, 2.45) is 0 Å². The van der Waals surface area contributed by atoms with E-state index in [4.69, 9.17) is 16.9 Å². The highest BCUT2D eigenvalue weighted by atomic mass is 35.5. The lowest BCUT2D eigenvalue weighted by Gasteiger charge is -2.35. The largest absolute Gasteiger partial charge is 0.480 e. The third-order valence-corrected chi connectivity index (χ3v) is 3.41. The molecule has 0 spiro atoms. The van der Waals surface area contributed by atoms with Crippen molar-refractivity contribution in [3.05, 3.63) is 28.8 Å². The van der Waals surface area contributed by atoms with Crippen molar-refractivity contribution in [3.8, 4) is 6.07 Å². The van der Waals surface area contributed by atoms with E-state index in [0.717, 1.165) is 12.8 Å². The molecule has 1 saturated heterocycles. The summed E-state index contributed by atoms with van der Waals surface area (Å²) in [6, 6.07) is 6.51. The zero-order valence-corrected chi connectivity index (χ0v) is 10.5. The maximum absolute atomic E-state index is 11.3. The first-order valence-electron chi connectivity index (χ1n) is 5.82. The van der Waals surface area contributed by atoms with Gasteiger partial charge in [-0.15, -0.1) is 0 Å². The van der Waals surface area contributed by atoms with Crippen LogP contribution in [0.15, 0.2) is 18.2 Å². The smallest absolute Gasteiger partial charge is 0.326 e. The summed E-state index contributed by atoms with van der Waals surface area (Å²) in [6.45, 7) is 0.660. The maximum Gasteiger partial charge on any atom is 0.326 e. The van der Waals surface area contributed by atoms with Crippen LogP contribution in [0.3, 0.4) is 0 Å². The molecule has 4 nitrogen and oxygen atoms in total. The summed E-state index contributed by atoms with van der Waals surface area (Å²) in [5.41, 5.74) is 1.09. The fourth-order valence-electron chi connectivity index (χ4n) is 2.32. The van der Waals surface area contributed by atoms with Gasteiger partial charge >= 0.3 is 5.97 Å². The van der Waals surface area contributed by atoms with Crippen LogP contribution in [0.4, 0.5) is 5.69 Å². The molecule has 0 bridgehead atoms. The molecule has 1 heterocycles. The topological polar surface area (TPSA) is 64.3 Å². The van der Waals surface area contributed by atoms with Gasteiger partial charge in [0.1, 0.15) is 12.1 Å². The summed E-state index contributed by atoms with van der Waals surface area (Å²) in [4.78, 5) is 13.0. The lowest BCUT2D eigenvalue weighted by molar-refractivity contribution is -0.139. The van der Waals surface area contributed by atoms with Gasteiger partial charge in [-0.25, -0.2) is 4.79 Å². The van der Waals surface area contributed by atoms with E-state index in [2.05, 4.69) is 6.07 Å². The molecule has 1 aromatic rings. The normalized spacial score (nSPS) is 19.3. The van der Waals surface area contributed by atoms with Gasteiger partial charge in [-0.3, -0.25) is 0 Å². The first-order valence-corrected chi connectivity index (χ1v) is 6.20. The van der Waals surface area contributed by atoms with E-state index in [1.807, 2.05) is 0 Å². The number of nitrogens with zero attached hydrogens (tertiary/aromatic N) is 2. The summed E-state index contributed by atoms with van der Waals surface area (Å²) in [7, 11) is 0. The number of hydrogen-bond donors (Lipinski definition) is 1. The Bertz CT molecular complexity index is 510. The molecule has 2 rings (SSSR count). The van der Waals surface area contributed by atoms with E-state index in [1.165, 1.54) is 0 Å². The molecule has 1 fully saturated rings. The van der Waals surface area contributed by atoms with Gasteiger partial charge in [-0.2, -0.15) is 5.26 Å². The van der Waals surface area contributed by atoms with Crippen molar-refractivity contribution < 1.29 is 9.90 Å². The van der Waals surface area contributed by atoms with E-state index in [1.54, 1.807) is 23.1 Å². The Labute approximate surface area is 110 Å². The van der Waals surface area contributed by atoms with Crippen LogP contribution in [0, 0.1) is 11.3 Å². The molecule has 1 aliphatic heterocycles. The molecule has 1 aliphatic rings. The van der Waals surface area contributed by atoms with Gasteiger partial charge in [0.25, 0.3) is 0 Å². The number of anilines is 1. The maximum atomic E-state index is 11.3. The molecule has 0 saturated carbocycles. The summed E-state index contributed by atoms with van der Waals surface area (Å²) < 4.78 is 0. The zero-order valence-electron chi connectivity index (χ0n) is 9.77. The number of halogens is 1. The monoisotopic (exact) mass is 264 g/mol. The third kappa shape index (κ3) is 2.41. The minimum Gasteiger partial charge on any atom is -0.480 e. The number of benzene rings is 1. The van der Waals surface area contributed by atoms with Gasteiger partial charge < -0.3 is 10.0 Å². The molecular formula is C13H13ClN2O2. The number of aliphatic carboxylic acids is 1. The van der Waals surface area contributed by atoms with Crippen LogP contribution in [0.25, 0.3) is 0 Å². The highest BCUT2D eigenvalue weighted by Crippen LogP contribution is 2.29. The fourth-order valence-corrected chi connectivity index (χ4v) is 2.50. The van der Waals surface area contributed by atoms with E-state index >= 15 is 0 Å². The van der Waals surface area contributed by atoms with Crippen LogP contribution in [-0.2, 0) is 4.79 Å². The quantitative estimate of drug-likeness (QED) is 0.892. The van der Waals surface area contributed by atoms with E-state index in [9.17, 15) is 9.90 Å². The summed E-state index contributed by atoms with van der Waals surface area (Å²) in [5, 5.41) is 18.8. The van der Waals surface area contributed by atoms with Gasteiger partial charge in [0, 0.05) is 11.6 Å². The van der Waals surface area contributed by atoms with Crippen molar-refractivity contribution >= 4 is 23.3 Å². The lowest BCUT2D eigenvalue weighted by Crippen LogP contribution is -2.45. The van der Waals surface area contributed by atoms with E-state index < -0.39 is 12.0 Å². The minimum atomic E-state index is -0.839. The molecule has 94 valence electrons. The Morgan fingerprint density at radius 3 is 2.94 bits per heavy atom. The third-order valence-electron chi connectivity index (χ3n) is 3.18. The molecule has 1 N–H and O–H groups in total. The fraction of sp³-hybridized carbons (Fsp3) is 0.385. The van der Waals surface area contributed by atoms with Gasteiger partial charge in [0.15, 0.2) is 0 Å². The van der Waals surface area contributed by atoms with E-state index in [-0.39, 0.29) is 0 Å². The number of carbonyl (C=O) groups is 1. The number of nitriles is 1. The van der Waals surface area contributed by atoms with Crippen molar-refractivity contribution in [2.45, 2.75) is 25.3 Å². The Hall–Kier alpha value is -1.73. The van der Waals surface area contributed by atoms with Crippen LogP contribution in [0.5, 0.6) is 0 Å². The lowest BCUT2D eigenvalue weighted by atomic mass is 10.00. The van der Waals surface area contributed by atoms with Gasteiger partial charge in [0.2, 0.25) is 0 Å². The highest BCUT2D eigenvalue weighted by molar-refractivity contribution is 6.30. The number of piperidine rings is 1. The SMILES string of the molecule is N#Cc1cc(Cl)ccc1N1CCCCC1C(=O)O. The molecule has 0 aliphatic carbocycles. The molecule has 0 radical (unpaired) electrons. The number of rotatable bonds is 2. The second-order valence-electron chi connectivity index (χ2n) is 4.32. The molecule has 1 atom stereocenters. The van der Waals surface area contributed by atoms with Crippen molar-refractivity contribution in [2.75, 3.05) is 11.4 Å². The summed E-state index contributed by atoms with van der Waals surface area (Å²) >= 11 is 5.85. The minimum absolute atomic E-state index is 0.427. The Morgan fingerprint density at radius 2 is 2.28 bits per heavy atom. The number of hydrogen-bond acceptors (Lipinski definition) is 3. The summed E-state index contributed by atoms with van der Waals surface area (Å²) in [5.74, 6) is -0.839. The van der Waals surface area contributed by atoms with Gasteiger partial charge in [-0.1, -0.05) is 11.6 Å². The average Bonchev–Trinajstić information content (AvgIpc) is 2.38. The second kappa shape index (κ2) is 5.28. The Morgan fingerprint density at radius 1 is 1.50 bits per heavy atom. The summed E-state index contributed by atoms with van der Waals surface area (Å²) in [6.07, 6.45) is 2.46. The average molecular weight is 265 g/mol. The van der Waals surface area contributed by atoms with Crippen LogP contribution in [0.2, 0.25) is 5.02 Å². The Balaban J connectivity index is 2.40. The Kier molecular flexibility index (Phi) is 3.73. The molecule has 5 heteroatoms. The molecule has 18 heavy (non-hydrogen) atoms. The van der Waals surface area contributed by atoms with Crippen LogP contribution >= 0.6 is 11.6 Å².